The SMILES string of the molecule is C=C/C(=C\C=C(/CC)c1ccccc1)c1ccccc1. The van der Waals surface area contributed by atoms with Crippen LogP contribution in [0.2, 0.25) is 0 Å². The smallest absolute Gasteiger partial charge is 0.0184 e. The van der Waals surface area contributed by atoms with Crippen molar-refractivity contribution in [1.29, 1.82) is 0 Å². The summed E-state index contributed by atoms with van der Waals surface area (Å²) in [5, 5.41) is 0. The molecule has 0 amide bonds. The van der Waals surface area contributed by atoms with E-state index < -0.39 is 0 Å². The van der Waals surface area contributed by atoms with Crippen molar-refractivity contribution in [2.45, 2.75) is 13.3 Å². The van der Waals surface area contributed by atoms with Gasteiger partial charge in [-0.25, -0.2) is 0 Å². The van der Waals surface area contributed by atoms with Gasteiger partial charge in [0.05, 0.1) is 0 Å². The molecule has 0 aromatic heterocycles. The van der Waals surface area contributed by atoms with Crippen molar-refractivity contribution < 1.29 is 0 Å². The first-order valence-electron chi connectivity index (χ1n) is 6.99. The van der Waals surface area contributed by atoms with E-state index in [1.807, 2.05) is 30.3 Å². The van der Waals surface area contributed by atoms with Crippen LogP contribution in [0, 0.1) is 0 Å². The van der Waals surface area contributed by atoms with Crippen LogP contribution in [-0.4, -0.2) is 0 Å². The van der Waals surface area contributed by atoms with Gasteiger partial charge in [0.25, 0.3) is 0 Å². The Balaban J connectivity index is 2.32. The number of benzene rings is 2. The van der Waals surface area contributed by atoms with Crippen LogP contribution < -0.4 is 0 Å². The maximum absolute atomic E-state index is 3.92. The molecule has 0 spiro atoms. The Kier molecular flexibility index (Phi) is 5.14. The van der Waals surface area contributed by atoms with E-state index in [4.69, 9.17) is 0 Å². The molecule has 0 unspecified atom stereocenters. The molecule has 0 aliphatic carbocycles. The maximum atomic E-state index is 3.92. The van der Waals surface area contributed by atoms with Crippen LogP contribution in [0.15, 0.2) is 85.5 Å². The van der Waals surface area contributed by atoms with Gasteiger partial charge < -0.3 is 0 Å². The van der Waals surface area contributed by atoms with E-state index in [0.717, 1.165) is 12.0 Å². The van der Waals surface area contributed by atoms with E-state index in [1.54, 1.807) is 0 Å². The minimum Gasteiger partial charge on any atom is -0.0984 e. The van der Waals surface area contributed by atoms with Crippen molar-refractivity contribution in [3.63, 3.8) is 0 Å². The molecule has 0 N–H and O–H groups in total. The fraction of sp³-hybridized carbons (Fsp3) is 0.100. The lowest BCUT2D eigenvalue weighted by Crippen LogP contribution is -1.83. The molecule has 0 heterocycles. The quantitative estimate of drug-likeness (QED) is 0.600. The molecule has 0 fully saturated rings. The van der Waals surface area contributed by atoms with Crippen molar-refractivity contribution in [2.24, 2.45) is 0 Å². The fourth-order valence-electron chi connectivity index (χ4n) is 2.17. The Morgan fingerprint density at radius 2 is 1.40 bits per heavy atom. The zero-order valence-electron chi connectivity index (χ0n) is 11.9. The lowest BCUT2D eigenvalue weighted by Gasteiger charge is -2.05. The highest BCUT2D eigenvalue weighted by Gasteiger charge is 1.98. The second-order valence-electron chi connectivity index (χ2n) is 4.60. The summed E-state index contributed by atoms with van der Waals surface area (Å²) < 4.78 is 0. The minimum atomic E-state index is 1.01. The van der Waals surface area contributed by atoms with Gasteiger partial charge >= 0.3 is 0 Å². The number of hydrogen-bond donors (Lipinski definition) is 0. The van der Waals surface area contributed by atoms with Gasteiger partial charge in [0.2, 0.25) is 0 Å². The first-order chi connectivity index (χ1) is 9.85. The Bertz CT molecular complexity index is 601. The second kappa shape index (κ2) is 7.30. The normalized spacial score (nSPS) is 12.2. The molecule has 0 nitrogen and oxygen atoms in total. The molecule has 2 rings (SSSR count). The third kappa shape index (κ3) is 3.58. The fourth-order valence-corrected chi connectivity index (χ4v) is 2.17. The molecule has 0 radical (unpaired) electrons. The number of hydrogen-bond acceptors (Lipinski definition) is 0. The third-order valence-corrected chi connectivity index (χ3v) is 3.32. The van der Waals surface area contributed by atoms with Crippen LogP contribution in [0.5, 0.6) is 0 Å². The van der Waals surface area contributed by atoms with Crippen LogP contribution in [0.25, 0.3) is 11.1 Å². The molecule has 0 bridgehead atoms. The molecular formula is C20H20. The maximum Gasteiger partial charge on any atom is -0.0184 e. The van der Waals surface area contributed by atoms with Crippen LogP contribution in [-0.2, 0) is 0 Å². The molecule has 0 saturated heterocycles. The largest absolute Gasteiger partial charge is 0.0984 e. The van der Waals surface area contributed by atoms with E-state index in [0.29, 0.717) is 0 Å². The van der Waals surface area contributed by atoms with Gasteiger partial charge in [0.15, 0.2) is 0 Å². The van der Waals surface area contributed by atoms with E-state index in [2.05, 4.69) is 62.1 Å². The zero-order chi connectivity index (χ0) is 14.2. The summed E-state index contributed by atoms with van der Waals surface area (Å²) >= 11 is 0. The van der Waals surface area contributed by atoms with Gasteiger partial charge in [-0.2, -0.15) is 0 Å². The van der Waals surface area contributed by atoms with E-state index >= 15 is 0 Å². The summed E-state index contributed by atoms with van der Waals surface area (Å²) in [6.07, 6.45) is 7.26. The first kappa shape index (κ1) is 14.1. The van der Waals surface area contributed by atoms with Gasteiger partial charge in [-0.05, 0) is 28.7 Å². The standard InChI is InChI=1S/C20H20/c1-3-17(19-11-7-5-8-12-19)15-16-18(4-2)20-13-9-6-10-14-20/h3,5-16H,1,4H2,2H3/b17-15+,18-16+. The molecule has 20 heavy (non-hydrogen) atoms. The van der Waals surface area contributed by atoms with Crippen LogP contribution in [0.3, 0.4) is 0 Å². The van der Waals surface area contributed by atoms with Gasteiger partial charge in [-0.15, -0.1) is 0 Å². The first-order valence-corrected chi connectivity index (χ1v) is 6.99. The lowest BCUT2D eigenvalue weighted by molar-refractivity contribution is 1.24. The Morgan fingerprint density at radius 1 is 0.850 bits per heavy atom. The molecule has 0 heteroatoms. The molecule has 0 aliphatic heterocycles. The molecule has 100 valence electrons. The van der Waals surface area contributed by atoms with Crippen LogP contribution in [0.4, 0.5) is 0 Å². The second-order valence-corrected chi connectivity index (χ2v) is 4.60. The monoisotopic (exact) mass is 260 g/mol. The molecule has 0 atom stereocenters. The highest BCUT2D eigenvalue weighted by atomic mass is 14.0. The molecule has 2 aromatic rings. The predicted molar refractivity (Wildman–Crippen MR) is 89.3 cm³/mol. The van der Waals surface area contributed by atoms with E-state index in [1.165, 1.54) is 16.7 Å². The Hall–Kier alpha value is -2.34. The van der Waals surface area contributed by atoms with Gasteiger partial charge in [0.1, 0.15) is 0 Å². The van der Waals surface area contributed by atoms with Crippen molar-refractivity contribution in [1.82, 2.24) is 0 Å². The summed E-state index contributed by atoms with van der Waals surface area (Å²) in [5.74, 6) is 0. The molecular weight excluding hydrogens is 240 g/mol. The molecule has 2 aromatic carbocycles. The van der Waals surface area contributed by atoms with Crippen molar-refractivity contribution in [3.05, 3.63) is 96.6 Å². The highest BCUT2D eigenvalue weighted by Crippen LogP contribution is 2.20. The zero-order valence-corrected chi connectivity index (χ0v) is 11.9. The summed E-state index contributed by atoms with van der Waals surface area (Å²) in [4.78, 5) is 0. The lowest BCUT2D eigenvalue weighted by atomic mass is 10.0. The van der Waals surface area contributed by atoms with E-state index in [-0.39, 0.29) is 0 Å². The average molecular weight is 260 g/mol. The van der Waals surface area contributed by atoms with Gasteiger partial charge in [-0.3, -0.25) is 0 Å². The molecule has 0 aliphatic rings. The van der Waals surface area contributed by atoms with Gasteiger partial charge in [0, 0.05) is 0 Å². The minimum absolute atomic E-state index is 1.01. The topological polar surface area (TPSA) is 0 Å². The summed E-state index contributed by atoms with van der Waals surface area (Å²) in [5.41, 5.74) is 4.96. The van der Waals surface area contributed by atoms with Crippen LogP contribution in [0.1, 0.15) is 24.5 Å². The summed E-state index contributed by atoms with van der Waals surface area (Å²) in [6.45, 7) is 6.10. The van der Waals surface area contributed by atoms with Crippen molar-refractivity contribution in [3.8, 4) is 0 Å². The molecule has 0 saturated carbocycles. The summed E-state index contributed by atoms with van der Waals surface area (Å²) in [7, 11) is 0. The third-order valence-electron chi connectivity index (χ3n) is 3.32. The van der Waals surface area contributed by atoms with Crippen molar-refractivity contribution >= 4 is 11.1 Å². The van der Waals surface area contributed by atoms with Crippen molar-refractivity contribution in [2.75, 3.05) is 0 Å². The van der Waals surface area contributed by atoms with E-state index in [9.17, 15) is 0 Å². The highest BCUT2D eigenvalue weighted by molar-refractivity contribution is 5.77. The Labute approximate surface area is 121 Å². The average Bonchev–Trinajstić information content (AvgIpc) is 2.53. The summed E-state index contributed by atoms with van der Waals surface area (Å²) in [6, 6.07) is 20.8. The Morgan fingerprint density at radius 3 is 1.90 bits per heavy atom. The number of rotatable bonds is 5. The number of allylic oxidation sites excluding steroid dienone is 5. The van der Waals surface area contributed by atoms with Gasteiger partial charge in [-0.1, -0.05) is 92.4 Å². The predicted octanol–water partition coefficient (Wildman–Crippen LogP) is 5.75. The van der Waals surface area contributed by atoms with Crippen LogP contribution >= 0.6 is 0 Å².